The molecule has 0 radical (unpaired) electrons. The van der Waals surface area contributed by atoms with E-state index in [1.54, 1.807) is 18.2 Å². The van der Waals surface area contributed by atoms with Gasteiger partial charge in [0.1, 0.15) is 6.04 Å². The fourth-order valence-corrected chi connectivity index (χ4v) is 3.80. The summed E-state index contributed by atoms with van der Waals surface area (Å²) in [6.45, 7) is 0.358. The van der Waals surface area contributed by atoms with Crippen molar-refractivity contribution in [3.63, 3.8) is 0 Å². The molecule has 1 heterocycles. The van der Waals surface area contributed by atoms with E-state index in [-0.39, 0.29) is 4.90 Å². The predicted octanol–water partition coefficient (Wildman–Crippen LogP) is 1.01. The minimum atomic E-state index is -3.61. The van der Waals surface area contributed by atoms with E-state index in [4.69, 9.17) is 0 Å². The molecule has 1 aromatic rings. The lowest BCUT2D eigenvalue weighted by Gasteiger charge is -2.21. The van der Waals surface area contributed by atoms with Crippen molar-refractivity contribution in [2.45, 2.75) is 23.8 Å². The van der Waals surface area contributed by atoms with Crippen LogP contribution in [0.3, 0.4) is 0 Å². The lowest BCUT2D eigenvalue weighted by molar-refractivity contribution is -0.144. The van der Waals surface area contributed by atoms with Gasteiger partial charge < -0.3 is 4.74 Å². The number of ether oxygens (including phenoxy) is 1. The molecule has 0 amide bonds. The highest BCUT2D eigenvalue weighted by Gasteiger charge is 2.39. The minimum Gasteiger partial charge on any atom is -0.468 e. The predicted molar refractivity (Wildman–Crippen MR) is 65.4 cm³/mol. The highest BCUT2D eigenvalue weighted by Crippen LogP contribution is 2.26. The molecule has 0 N–H and O–H groups in total. The first kappa shape index (κ1) is 13.0. The van der Waals surface area contributed by atoms with Gasteiger partial charge in [0.25, 0.3) is 0 Å². The molecule has 0 saturated carbocycles. The molecule has 6 heteroatoms. The van der Waals surface area contributed by atoms with Crippen molar-refractivity contribution in [3.8, 4) is 0 Å². The first-order valence-corrected chi connectivity index (χ1v) is 7.16. The smallest absolute Gasteiger partial charge is 0.324 e. The van der Waals surface area contributed by atoms with E-state index >= 15 is 0 Å². The fraction of sp³-hybridized carbons (Fsp3) is 0.417. The summed E-state index contributed by atoms with van der Waals surface area (Å²) < 4.78 is 30.6. The molecule has 18 heavy (non-hydrogen) atoms. The number of carbonyl (C=O) groups is 1. The van der Waals surface area contributed by atoms with Gasteiger partial charge in [-0.1, -0.05) is 18.2 Å². The molecular formula is C12H15NO4S. The number of hydrogen-bond donors (Lipinski definition) is 0. The lowest BCUT2D eigenvalue weighted by atomic mass is 10.2. The molecular weight excluding hydrogens is 254 g/mol. The van der Waals surface area contributed by atoms with Gasteiger partial charge in [-0.3, -0.25) is 4.79 Å². The molecule has 1 atom stereocenters. The van der Waals surface area contributed by atoms with Crippen LogP contribution in [-0.4, -0.2) is 38.4 Å². The van der Waals surface area contributed by atoms with Gasteiger partial charge in [-0.15, -0.1) is 0 Å². The third-order valence-electron chi connectivity index (χ3n) is 3.03. The van der Waals surface area contributed by atoms with E-state index in [0.717, 1.165) is 0 Å². The summed E-state index contributed by atoms with van der Waals surface area (Å²) in [6, 6.07) is 7.44. The minimum absolute atomic E-state index is 0.209. The lowest BCUT2D eigenvalue weighted by Crippen LogP contribution is -2.40. The van der Waals surface area contributed by atoms with E-state index in [9.17, 15) is 13.2 Å². The molecule has 0 spiro atoms. The zero-order valence-electron chi connectivity index (χ0n) is 10.1. The van der Waals surface area contributed by atoms with Crippen LogP contribution in [0.5, 0.6) is 0 Å². The van der Waals surface area contributed by atoms with Gasteiger partial charge in [-0.05, 0) is 25.0 Å². The van der Waals surface area contributed by atoms with E-state index < -0.39 is 22.0 Å². The SMILES string of the molecule is COC(=O)[C@H]1CCCN1S(=O)(=O)c1ccccc1. The Kier molecular flexibility index (Phi) is 3.68. The van der Waals surface area contributed by atoms with E-state index in [2.05, 4.69) is 4.74 Å². The molecule has 0 bridgehead atoms. The Morgan fingerprint density at radius 1 is 1.33 bits per heavy atom. The summed E-state index contributed by atoms with van der Waals surface area (Å²) in [4.78, 5) is 11.8. The molecule has 2 rings (SSSR count). The van der Waals surface area contributed by atoms with E-state index in [1.165, 1.54) is 23.5 Å². The second-order valence-corrected chi connectivity index (χ2v) is 6.00. The Morgan fingerprint density at radius 2 is 2.00 bits per heavy atom. The zero-order chi connectivity index (χ0) is 13.2. The van der Waals surface area contributed by atoms with Crippen LogP contribution in [0.2, 0.25) is 0 Å². The second-order valence-electron chi connectivity index (χ2n) is 4.11. The van der Waals surface area contributed by atoms with Crippen molar-refractivity contribution in [1.82, 2.24) is 4.31 Å². The molecule has 98 valence electrons. The molecule has 1 aliphatic heterocycles. The normalized spacial score (nSPS) is 20.8. The largest absolute Gasteiger partial charge is 0.468 e. The van der Waals surface area contributed by atoms with Crippen LogP contribution in [0.25, 0.3) is 0 Å². The van der Waals surface area contributed by atoms with Crippen molar-refractivity contribution in [2.75, 3.05) is 13.7 Å². The number of rotatable bonds is 3. The maximum atomic E-state index is 12.4. The highest BCUT2D eigenvalue weighted by atomic mass is 32.2. The standard InChI is InChI=1S/C12H15NO4S/c1-17-12(14)11-8-5-9-13(11)18(15,16)10-6-3-2-4-7-10/h2-4,6-7,11H,5,8-9H2,1H3/t11-/m1/s1. The molecule has 0 aromatic heterocycles. The van der Waals surface area contributed by atoms with Crippen LogP contribution >= 0.6 is 0 Å². The Hall–Kier alpha value is -1.40. The summed E-state index contributed by atoms with van der Waals surface area (Å²) in [5.74, 6) is -0.494. The Bertz CT molecular complexity index is 526. The van der Waals surface area contributed by atoms with Crippen molar-refractivity contribution in [3.05, 3.63) is 30.3 Å². The number of hydrogen-bond acceptors (Lipinski definition) is 4. The Balaban J connectivity index is 2.33. The summed E-state index contributed by atoms with van der Waals surface area (Å²) in [6.07, 6.45) is 1.19. The molecule has 1 saturated heterocycles. The fourth-order valence-electron chi connectivity index (χ4n) is 2.13. The average Bonchev–Trinajstić information content (AvgIpc) is 2.89. The van der Waals surface area contributed by atoms with Gasteiger partial charge in [-0.25, -0.2) is 8.42 Å². The van der Waals surface area contributed by atoms with Crippen molar-refractivity contribution in [1.29, 1.82) is 0 Å². The van der Waals surface area contributed by atoms with Gasteiger partial charge in [0.05, 0.1) is 12.0 Å². The van der Waals surface area contributed by atoms with Crippen molar-refractivity contribution in [2.24, 2.45) is 0 Å². The monoisotopic (exact) mass is 269 g/mol. The van der Waals surface area contributed by atoms with Gasteiger partial charge in [-0.2, -0.15) is 4.31 Å². The maximum Gasteiger partial charge on any atom is 0.324 e. The quantitative estimate of drug-likeness (QED) is 0.768. The summed E-state index contributed by atoms with van der Waals surface area (Å²) in [5.41, 5.74) is 0. The summed E-state index contributed by atoms with van der Waals surface area (Å²) in [5, 5.41) is 0. The van der Waals surface area contributed by atoms with E-state index in [1.807, 2.05) is 0 Å². The highest BCUT2D eigenvalue weighted by molar-refractivity contribution is 7.89. The van der Waals surface area contributed by atoms with Crippen LogP contribution in [0.1, 0.15) is 12.8 Å². The number of methoxy groups -OCH3 is 1. The summed E-state index contributed by atoms with van der Waals surface area (Å²) >= 11 is 0. The Labute approximate surface area is 106 Å². The van der Waals surface area contributed by atoms with Crippen molar-refractivity contribution >= 4 is 16.0 Å². The number of carbonyl (C=O) groups excluding carboxylic acids is 1. The van der Waals surface area contributed by atoms with Crippen LogP contribution in [-0.2, 0) is 19.6 Å². The number of sulfonamides is 1. The zero-order valence-corrected chi connectivity index (χ0v) is 10.9. The van der Waals surface area contributed by atoms with Gasteiger partial charge in [0.2, 0.25) is 10.0 Å². The van der Waals surface area contributed by atoms with Crippen LogP contribution < -0.4 is 0 Å². The van der Waals surface area contributed by atoms with Crippen LogP contribution in [0.4, 0.5) is 0 Å². The molecule has 1 aromatic carbocycles. The Morgan fingerprint density at radius 3 is 2.61 bits per heavy atom. The van der Waals surface area contributed by atoms with E-state index in [0.29, 0.717) is 19.4 Å². The van der Waals surface area contributed by atoms with Crippen molar-refractivity contribution < 1.29 is 17.9 Å². The van der Waals surface area contributed by atoms with Gasteiger partial charge >= 0.3 is 5.97 Å². The van der Waals surface area contributed by atoms with Crippen LogP contribution in [0, 0.1) is 0 Å². The molecule has 1 fully saturated rings. The third-order valence-corrected chi connectivity index (χ3v) is 4.95. The number of esters is 1. The first-order chi connectivity index (χ1) is 8.57. The molecule has 0 aliphatic carbocycles. The van der Waals surface area contributed by atoms with Gasteiger partial charge in [0, 0.05) is 6.54 Å². The molecule has 1 aliphatic rings. The van der Waals surface area contributed by atoms with Gasteiger partial charge in [0.15, 0.2) is 0 Å². The molecule has 0 unspecified atom stereocenters. The maximum absolute atomic E-state index is 12.4. The number of benzene rings is 1. The first-order valence-electron chi connectivity index (χ1n) is 5.72. The number of nitrogens with zero attached hydrogens (tertiary/aromatic N) is 1. The third kappa shape index (κ3) is 2.26. The summed E-state index contributed by atoms with van der Waals surface area (Å²) in [7, 11) is -2.34. The second kappa shape index (κ2) is 5.07. The topological polar surface area (TPSA) is 63.7 Å². The van der Waals surface area contributed by atoms with Crippen LogP contribution in [0.15, 0.2) is 35.2 Å². The average molecular weight is 269 g/mol. The molecule has 5 nitrogen and oxygen atoms in total.